The van der Waals surface area contributed by atoms with Crippen LogP contribution in [-0.4, -0.2) is 45.5 Å². The van der Waals surface area contributed by atoms with Crippen molar-refractivity contribution in [3.63, 3.8) is 0 Å². The van der Waals surface area contributed by atoms with Gasteiger partial charge in [0.15, 0.2) is 0 Å². The number of rotatable bonds is 7. The van der Waals surface area contributed by atoms with Crippen molar-refractivity contribution in [1.82, 2.24) is 0 Å². The Morgan fingerprint density at radius 3 is 2.65 bits per heavy atom. The number of carbonyl (C=O) groups is 1. The smallest absolute Gasteiger partial charge is 0.148 e. The number of nitrogens with zero attached hydrogens (tertiary/aromatic N) is 3. The van der Waals surface area contributed by atoms with Crippen molar-refractivity contribution < 1.29 is 18.3 Å². The van der Waals surface area contributed by atoms with E-state index in [1.165, 1.54) is 24.3 Å². The molecule has 31 heavy (non-hydrogen) atoms. The molecule has 0 atom stereocenters. The maximum atomic E-state index is 14.9. The third-order valence-corrected chi connectivity index (χ3v) is 5.20. The Morgan fingerprint density at radius 1 is 1.19 bits per heavy atom. The molecule has 0 radical (unpaired) electrons. The molecule has 0 unspecified atom stereocenters. The number of aldehydes is 1. The second kappa shape index (κ2) is 10.8. The quantitative estimate of drug-likeness (QED) is 0.285. The molecule has 1 aliphatic heterocycles. The van der Waals surface area contributed by atoms with Crippen molar-refractivity contribution in [2.24, 2.45) is 4.99 Å². The second-order valence-electron chi connectivity index (χ2n) is 7.40. The molecule has 7 heteroatoms. The van der Waals surface area contributed by atoms with Gasteiger partial charge < -0.3 is 14.5 Å². The lowest BCUT2D eigenvalue weighted by molar-refractivity contribution is -0.104. The van der Waals surface area contributed by atoms with Crippen molar-refractivity contribution >= 4 is 23.5 Å². The summed E-state index contributed by atoms with van der Waals surface area (Å²) in [7, 11) is 1.81. The molecule has 0 aromatic heterocycles. The maximum Gasteiger partial charge on any atom is 0.148 e. The van der Waals surface area contributed by atoms with Crippen LogP contribution in [-0.2, 0) is 16.0 Å². The average Bonchev–Trinajstić information content (AvgIpc) is 2.77. The molecule has 0 aliphatic carbocycles. The fourth-order valence-corrected chi connectivity index (χ4v) is 3.50. The van der Waals surface area contributed by atoms with E-state index in [1.807, 2.05) is 24.1 Å². The van der Waals surface area contributed by atoms with Gasteiger partial charge in [-0.2, -0.15) is 0 Å². The number of benzene rings is 2. The minimum atomic E-state index is -0.309. The highest BCUT2D eigenvalue weighted by Crippen LogP contribution is 2.26. The third kappa shape index (κ3) is 6.21. The monoisotopic (exact) mass is 427 g/mol. The van der Waals surface area contributed by atoms with Crippen LogP contribution in [0.2, 0.25) is 0 Å². The fourth-order valence-electron chi connectivity index (χ4n) is 3.50. The topological polar surface area (TPSA) is 45.1 Å². The lowest BCUT2D eigenvalue weighted by Crippen LogP contribution is -2.36. The molecular formula is C24H27F2N3O2. The number of hydrogen-bond acceptors (Lipinski definition) is 4. The van der Waals surface area contributed by atoms with Gasteiger partial charge in [-0.25, -0.2) is 13.8 Å². The van der Waals surface area contributed by atoms with Gasteiger partial charge in [-0.1, -0.05) is 12.1 Å². The number of anilines is 2. The second-order valence-corrected chi connectivity index (χ2v) is 7.40. The molecule has 1 aliphatic rings. The van der Waals surface area contributed by atoms with Crippen molar-refractivity contribution in [2.45, 2.75) is 19.8 Å². The molecule has 1 fully saturated rings. The zero-order chi connectivity index (χ0) is 22.2. The molecule has 0 amide bonds. The number of carbonyl (C=O) groups excluding carboxylic acids is 1. The number of amidine groups is 1. The number of halogens is 2. The molecule has 2 aromatic rings. The first-order valence-electron chi connectivity index (χ1n) is 10.3. The van der Waals surface area contributed by atoms with Gasteiger partial charge in [0.05, 0.1) is 18.9 Å². The Morgan fingerprint density at radius 2 is 1.97 bits per heavy atom. The maximum absolute atomic E-state index is 14.9. The normalized spacial score (nSPS) is 15.2. The first kappa shape index (κ1) is 22.6. The minimum Gasteiger partial charge on any atom is -0.378 e. The van der Waals surface area contributed by atoms with Crippen LogP contribution in [0.5, 0.6) is 0 Å². The summed E-state index contributed by atoms with van der Waals surface area (Å²) in [6, 6.07) is 11.5. The lowest BCUT2D eigenvalue weighted by Gasteiger charge is -2.30. The molecule has 2 aromatic carbocycles. The van der Waals surface area contributed by atoms with Crippen LogP contribution in [0.4, 0.5) is 20.2 Å². The van der Waals surface area contributed by atoms with Crippen LogP contribution in [0.15, 0.2) is 59.2 Å². The van der Waals surface area contributed by atoms with Gasteiger partial charge in [-0.3, -0.25) is 4.79 Å². The SMILES string of the molecule is C/C(=C/C=O)N=C(CCc1cccc(F)c1)N(C)c1ccc(N2CCOCC2)c(F)c1. The van der Waals surface area contributed by atoms with E-state index in [1.54, 1.807) is 24.0 Å². The lowest BCUT2D eigenvalue weighted by atomic mass is 10.1. The predicted molar refractivity (Wildman–Crippen MR) is 120 cm³/mol. The zero-order valence-corrected chi connectivity index (χ0v) is 17.9. The van der Waals surface area contributed by atoms with Crippen LogP contribution in [0.25, 0.3) is 0 Å². The predicted octanol–water partition coefficient (Wildman–Crippen LogP) is 4.37. The number of hydrogen-bond donors (Lipinski definition) is 0. The molecule has 0 saturated carbocycles. The molecular weight excluding hydrogens is 400 g/mol. The van der Waals surface area contributed by atoms with Gasteiger partial charge in [-0.05, 0) is 55.3 Å². The van der Waals surface area contributed by atoms with E-state index in [0.29, 0.717) is 68.3 Å². The fraction of sp³-hybridized carbons (Fsp3) is 0.333. The summed E-state index contributed by atoms with van der Waals surface area (Å²) in [6.07, 6.45) is 3.11. The largest absolute Gasteiger partial charge is 0.378 e. The van der Waals surface area contributed by atoms with E-state index in [0.717, 1.165) is 5.56 Å². The van der Waals surface area contributed by atoms with Crippen molar-refractivity contribution in [2.75, 3.05) is 43.2 Å². The zero-order valence-electron chi connectivity index (χ0n) is 17.9. The standard InChI is InChI=1S/C24H27F2N3O2/c1-18(10-13-30)27-24(9-6-19-4-3-5-20(25)16-19)28(2)21-7-8-23(22(26)17-21)29-11-14-31-15-12-29/h3-5,7-8,10,13,16-17H,6,9,11-12,14-15H2,1-2H3/b18-10-,27-24?. The molecule has 164 valence electrons. The van der Waals surface area contributed by atoms with E-state index < -0.39 is 0 Å². The van der Waals surface area contributed by atoms with Crippen LogP contribution < -0.4 is 9.80 Å². The summed E-state index contributed by atoms with van der Waals surface area (Å²) in [5.74, 6) is 0.0522. The molecule has 5 nitrogen and oxygen atoms in total. The first-order valence-corrected chi connectivity index (χ1v) is 10.3. The van der Waals surface area contributed by atoms with Crippen molar-refractivity contribution in [1.29, 1.82) is 0 Å². The highest BCUT2D eigenvalue weighted by atomic mass is 19.1. The number of aliphatic imine (C=N–C) groups is 1. The average molecular weight is 427 g/mol. The summed E-state index contributed by atoms with van der Waals surface area (Å²) in [5.41, 5.74) is 2.58. The van der Waals surface area contributed by atoms with E-state index in [2.05, 4.69) is 4.99 Å². The molecule has 1 saturated heterocycles. The van der Waals surface area contributed by atoms with Crippen LogP contribution in [0, 0.1) is 11.6 Å². The van der Waals surface area contributed by atoms with Crippen LogP contribution >= 0.6 is 0 Å². The summed E-state index contributed by atoms with van der Waals surface area (Å²) in [5, 5.41) is 0. The van der Waals surface area contributed by atoms with E-state index in [-0.39, 0.29) is 11.6 Å². The molecule has 0 spiro atoms. The first-order chi connectivity index (χ1) is 15.0. The van der Waals surface area contributed by atoms with Crippen LogP contribution in [0.3, 0.4) is 0 Å². The van der Waals surface area contributed by atoms with Crippen molar-refractivity contribution in [3.8, 4) is 0 Å². The summed E-state index contributed by atoms with van der Waals surface area (Å²) in [4.78, 5) is 19.1. The molecule has 1 heterocycles. The Balaban J connectivity index is 1.83. The minimum absolute atomic E-state index is 0.290. The highest BCUT2D eigenvalue weighted by Gasteiger charge is 2.17. The van der Waals surface area contributed by atoms with Gasteiger partial charge in [-0.15, -0.1) is 0 Å². The molecule has 0 bridgehead atoms. The highest BCUT2D eigenvalue weighted by molar-refractivity contribution is 5.98. The van der Waals surface area contributed by atoms with E-state index in [9.17, 15) is 13.6 Å². The number of aryl methyl sites for hydroxylation is 1. The summed E-state index contributed by atoms with van der Waals surface area (Å²) in [6.45, 7) is 4.21. The molecule has 3 rings (SSSR count). The van der Waals surface area contributed by atoms with Gasteiger partial charge in [0.25, 0.3) is 0 Å². The molecule has 0 N–H and O–H groups in total. The number of ether oxygens (including phenoxy) is 1. The Hall–Kier alpha value is -3.06. The van der Waals surface area contributed by atoms with Gasteiger partial charge in [0, 0.05) is 37.9 Å². The number of morpholine rings is 1. The van der Waals surface area contributed by atoms with Crippen molar-refractivity contribution in [3.05, 3.63) is 71.4 Å². The van der Waals surface area contributed by atoms with E-state index in [4.69, 9.17) is 4.74 Å². The Labute approximate surface area is 181 Å². The Kier molecular flexibility index (Phi) is 7.89. The van der Waals surface area contributed by atoms with Crippen LogP contribution in [0.1, 0.15) is 18.9 Å². The van der Waals surface area contributed by atoms with Gasteiger partial charge in [0.1, 0.15) is 23.8 Å². The van der Waals surface area contributed by atoms with E-state index >= 15 is 0 Å². The number of allylic oxidation sites excluding steroid dienone is 2. The third-order valence-electron chi connectivity index (χ3n) is 5.20. The summed E-state index contributed by atoms with van der Waals surface area (Å²) < 4.78 is 33.7. The Bertz CT molecular complexity index is 969. The summed E-state index contributed by atoms with van der Waals surface area (Å²) >= 11 is 0. The van der Waals surface area contributed by atoms with Gasteiger partial charge in [0.2, 0.25) is 0 Å². The van der Waals surface area contributed by atoms with Gasteiger partial charge >= 0.3 is 0 Å².